The molecule has 3 heteroatoms. The first-order chi connectivity index (χ1) is 9.35. The van der Waals surface area contributed by atoms with Crippen LogP contribution in [0.2, 0.25) is 0 Å². The Labute approximate surface area is 116 Å². The molecule has 1 aromatic rings. The van der Waals surface area contributed by atoms with Gasteiger partial charge in [0, 0.05) is 6.04 Å². The molecule has 2 atom stereocenters. The fourth-order valence-corrected chi connectivity index (χ4v) is 2.72. The maximum atomic E-state index is 6.22. The van der Waals surface area contributed by atoms with Gasteiger partial charge in [0.25, 0.3) is 0 Å². The van der Waals surface area contributed by atoms with Crippen molar-refractivity contribution in [2.24, 2.45) is 0 Å². The lowest BCUT2D eigenvalue weighted by Gasteiger charge is -2.32. The molecule has 3 nitrogen and oxygen atoms in total. The van der Waals surface area contributed by atoms with E-state index in [1.807, 2.05) is 31.2 Å². The molecule has 19 heavy (non-hydrogen) atoms. The molecule has 106 valence electrons. The fraction of sp³-hybridized carbons (Fsp3) is 0.625. The molecule has 0 bridgehead atoms. The maximum Gasteiger partial charge on any atom is 0.161 e. The molecule has 1 aliphatic rings. The van der Waals surface area contributed by atoms with Gasteiger partial charge in [0.2, 0.25) is 0 Å². The van der Waals surface area contributed by atoms with Crippen LogP contribution in [0.4, 0.5) is 0 Å². The molecule has 1 fully saturated rings. The standard InChI is InChI=1S/C16H25NO2/c1-3-17-13-9-5-6-10-14(13)19-16-12-8-7-11-15(16)18-4-2/h7-8,11-14,17H,3-6,9-10H2,1-2H3. The van der Waals surface area contributed by atoms with E-state index >= 15 is 0 Å². The molecule has 0 aliphatic heterocycles. The lowest BCUT2D eigenvalue weighted by Crippen LogP contribution is -2.45. The molecule has 0 amide bonds. The van der Waals surface area contributed by atoms with Gasteiger partial charge in [-0.25, -0.2) is 0 Å². The summed E-state index contributed by atoms with van der Waals surface area (Å²) in [6, 6.07) is 8.43. The van der Waals surface area contributed by atoms with E-state index < -0.39 is 0 Å². The fourth-order valence-electron chi connectivity index (χ4n) is 2.72. The zero-order valence-corrected chi connectivity index (χ0v) is 12.0. The lowest BCUT2D eigenvalue weighted by atomic mass is 9.92. The van der Waals surface area contributed by atoms with E-state index in [1.165, 1.54) is 19.3 Å². The van der Waals surface area contributed by atoms with Gasteiger partial charge in [-0.05, 0) is 44.9 Å². The summed E-state index contributed by atoms with van der Waals surface area (Å²) in [5, 5.41) is 3.54. The van der Waals surface area contributed by atoms with E-state index in [4.69, 9.17) is 9.47 Å². The highest BCUT2D eigenvalue weighted by atomic mass is 16.5. The third-order valence-electron chi connectivity index (χ3n) is 3.60. The van der Waals surface area contributed by atoms with Gasteiger partial charge in [0.1, 0.15) is 6.10 Å². The van der Waals surface area contributed by atoms with Crippen molar-refractivity contribution in [2.45, 2.75) is 51.7 Å². The Morgan fingerprint density at radius 1 is 1.11 bits per heavy atom. The van der Waals surface area contributed by atoms with Gasteiger partial charge in [-0.3, -0.25) is 0 Å². The highest BCUT2D eigenvalue weighted by Gasteiger charge is 2.26. The molecule has 0 aromatic heterocycles. The second-order valence-corrected chi connectivity index (χ2v) is 4.98. The molecule has 1 saturated carbocycles. The van der Waals surface area contributed by atoms with Crippen molar-refractivity contribution in [3.05, 3.63) is 24.3 Å². The average Bonchev–Trinajstić information content (AvgIpc) is 2.44. The summed E-state index contributed by atoms with van der Waals surface area (Å²) in [6.07, 6.45) is 5.14. The Morgan fingerprint density at radius 3 is 2.58 bits per heavy atom. The van der Waals surface area contributed by atoms with Crippen molar-refractivity contribution >= 4 is 0 Å². The van der Waals surface area contributed by atoms with Gasteiger partial charge in [-0.15, -0.1) is 0 Å². The monoisotopic (exact) mass is 263 g/mol. The quantitative estimate of drug-likeness (QED) is 0.853. The van der Waals surface area contributed by atoms with E-state index in [0.29, 0.717) is 12.6 Å². The molecule has 0 radical (unpaired) electrons. The first-order valence-electron chi connectivity index (χ1n) is 7.47. The van der Waals surface area contributed by atoms with Gasteiger partial charge in [0.05, 0.1) is 6.61 Å². The normalized spacial score (nSPS) is 23.1. The van der Waals surface area contributed by atoms with Crippen molar-refractivity contribution in [2.75, 3.05) is 13.2 Å². The highest BCUT2D eigenvalue weighted by molar-refractivity contribution is 5.39. The molecule has 1 aromatic carbocycles. The molecule has 2 rings (SSSR count). The lowest BCUT2D eigenvalue weighted by molar-refractivity contribution is 0.110. The van der Waals surface area contributed by atoms with E-state index in [9.17, 15) is 0 Å². The Balaban J connectivity index is 2.05. The van der Waals surface area contributed by atoms with Gasteiger partial charge < -0.3 is 14.8 Å². The van der Waals surface area contributed by atoms with E-state index in [-0.39, 0.29) is 6.10 Å². The van der Waals surface area contributed by atoms with Crippen molar-refractivity contribution < 1.29 is 9.47 Å². The maximum absolute atomic E-state index is 6.22. The van der Waals surface area contributed by atoms with E-state index in [2.05, 4.69) is 12.2 Å². The summed E-state index contributed by atoms with van der Waals surface area (Å²) in [5.74, 6) is 1.73. The van der Waals surface area contributed by atoms with Crippen molar-refractivity contribution in [1.29, 1.82) is 0 Å². The minimum atomic E-state index is 0.260. The number of nitrogens with one attached hydrogen (secondary N) is 1. The molecule has 0 spiro atoms. The van der Waals surface area contributed by atoms with Crippen LogP contribution in [0.1, 0.15) is 39.5 Å². The van der Waals surface area contributed by atoms with Crippen molar-refractivity contribution in [1.82, 2.24) is 5.32 Å². The molecule has 1 N–H and O–H groups in total. The third kappa shape index (κ3) is 3.87. The Bertz CT molecular complexity index is 379. The van der Waals surface area contributed by atoms with Gasteiger partial charge >= 0.3 is 0 Å². The highest BCUT2D eigenvalue weighted by Crippen LogP contribution is 2.31. The summed E-state index contributed by atoms with van der Waals surface area (Å²) < 4.78 is 11.8. The SMILES string of the molecule is CCNC1CCCCC1Oc1ccccc1OCC. The predicted octanol–water partition coefficient (Wildman–Crippen LogP) is 3.38. The Kier molecular flexibility index (Phi) is 5.52. The first kappa shape index (κ1) is 14.2. The van der Waals surface area contributed by atoms with E-state index in [0.717, 1.165) is 24.5 Å². The molecule has 1 aliphatic carbocycles. The van der Waals surface area contributed by atoms with Crippen molar-refractivity contribution in [3.63, 3.8) is 0 Å². The summed E-state index contributed by atoms with van der Waals surface area (Å²) in [5.41, 5.74) is 0. The number of ether oxygens (including phenoxy) is 2. The minimum Gasteiger partial charge on any atom is -0.490 e. The van der Waals surface area contributed by atoms with Crippen LogP contribution >= 0.6 is 0 Å². The number of rotatable bonds is 6. The average molecular weight is 263 g/mol. The number of benzene rings is 1. The van der Waals surface area contributed by atoms with E-state index in [1.54, 1.807) is 0 Å². The van der Waals surface area contributed by atoms with Crippen LogP contribution in [0.3, 0.4) is 0 Å². The first-order valence-corrected chi connectivity index (χ1v) is 7.47. The van der Waals surface area contributed by atoms with Crippen LogP contribution in [0.15, 0.2) is 24.3 Å². The number of hydrogen-bond donors (Lipinski definition) is 1. The summed E-state index contributed by atoms with van der Waals surface area (Å²) >= 11 is 0. The predicted molar refractivity (Wildman–Crippen MR) is 78.0 cm³/mol. The molecule has 2 unspecified atom stereocenters. The van der Waals surface area contributed by atoms with Crippen molar-refractivity contribution in [3.8, 4) is 11.5 Å². The van der Waals surface area contributed by atoms with Gasteiger partial charge in [0.15, 0.2) is 11.5 Å². The molecule has 0 saturated heterocycles. The summed E-state index contributed by atoms with van der Waals surface area (Å²) in [4.78, 5) is 0. The van der Waals surface area contributed by atoms with Gasteiger partial charge in [-0.2, -0.15) is 0 Å². The third-order valence-corrected chi connectivity index (χ3v) is 3.60. The second-order valence-electron chi connectivity index (χ2n) is 4.98. The minimum absolute atomic E-state index is 0.260. The van der Waals surface area contributed by atoms with Gasteiger partial charge in [-0.1, -0.05) is 25.5 Å². The van der Waals surface area contributed by atoms with Crippen LogP contribution in [-0.2, 0) is 0 Å². The topological polar surface area (TPSA) is 30.5 Å². The second kappa shape index (κ2) is 7.39. The van der Waals surface area contributed by atoms with Crippen LogP contribution in [-0.4, -0.2) is 25.3 Å². The number of para-hydroxylation sites is 2. The number of likely N-dealkylation sites (N-methyl/N-ethyl adjacent to an activating group) is 1. The smallest absolute Gasteiger partial charge is 0.161 e. The zero-order valence-electron chi connectivity index (χ0n) is 12.0. The number of hydrogen-bond acceptors (Lipinski definition) is 3. The zero-order chi connectivity index (χ0) is 13.5. The Morgan fingerprint density at radius 2 is 1.84 bits per heavy atom. The van der Waals surface area contributed by atoms with Crippen LogP contribution in [0.25, 0.3) is 0 Å². The summed E-state index contributed by atoms with van der Waals surface area (Å²) in [7, 11) is 0. The molecular formula is C16H25NO2. The molecule has 0 heterocycles. The van der Waals surface area contributed by atoms with Crippen LogP contribution < -0.4 is 14.8 Å². The Hall–Kier alpha value is -1.22. The largest absolute Gasteiger partial charge is 0.490 e. The van der Waals surface area contributed by atoms with Crippen LogP contribution in [0.5, 0.6) is 11.5 Å². The summed E-state index contributed by atoms with van der Waals surface area (Å²) in [6.45, 7) is 5.82. The molecular weight excluding hydrogens is 238 g/mol. The van der Waals surface area contributed by atoms with Crippen LogP contribution in [0, 0.1) is 0 Å².